The van der Waals surface area contributed by atoms with Gasteiger partial charge < -0.3 is 44.5 Å². The van der Waals surface area contributed by atoms with Gasteiger partial charge in [0.2, 0.25) is 17.5 Å². The number of carbonyl (C=O) groups excluding carboxylic acids is 3. The van der Waals surface area contributed by atoms with Crippen LogP contribution in [-0.2, 0) is 29.2 Å². The number of fused-ring (bicyclic) bond motifs is 4. The normalized spacial score (nSPS) is 21.3. The third-order valence-corrected chi connectivity index (χ3v) is 10.2. The number of carbonyl (C=O) groups is 3. The summed E-state index contributed by atoms with van der Waals surface area (Å²) in [5, 5.41) is 34.3. The number of Topliss-reactive ketones (excluding diaryl/α,β-unsaturated/α-hetero) is 2. The summed E-state index contributed by atoms with van der Waals surface area (Å²) in [4.78, 5) is 43.9. The minimum absolute atomic E-state index is 0.00366. The number of halogens is 3. The molecular formula is C41H39F3N4O9. The molecule has 16 heteroatoms. The third-order valence-electron chi connectivity index (χ3n) is 10.2. The Hall–Kier alpha value is -5.97. The van der Waals surface area contributed by atoms with Crippen LogP contribution in [0.2, 0.25) is 0 Å². The molecule has 0 saturated heterocycles. The number of amides is 1. The lowest BCUT2D eigenvalue weighted by Gasteiger charge is -2.48. The fraction of sp³-hybridized carbons (Fsp3) is 0.317. The van der Waals surface area contributed by atoms with Gasteiger partial charge in [-0.1, -0.05) is 66.7 Å². The number of alkyl halides is 3. The van der Waals surface area contributed by atoms with Crippen LogP contribution >= 0.6 is 0 Å². The minimum Gasteiger partial charge on any atom is -0.507 e. The van der Waals surface area contributed by atoms with Gasteiger partial charge in [0.15, 0.2) is 17.1 Å². The zero-order valence-electron chi connectivity index (χ0n) is 30.9. The molecule has 4 atom stereocenters. The van der Waals surface area contributed by atoms with Crippen molar-refractivity contribution in [2.75, 3.05) is 32.5 Å². The smallest absolute Gasteiger partial charge is 0.507 e. The van der Waals surface area contributed by atoms with Gasteiger partial charge in [0.05, 0.1) is 23.8 Å². The number of rotatable bonds is 13. The van der Waals surface area contributed by atoms with Crippen LogP contribution in [0.3, 0.4) is 0 Å². The second kappa shape index (κ2) is 15.5. The Kier molecular flexibility index (Phi) is 10.7. The molecular weight excluding hydrogens is 749 g/mol. The number of likely N-dealkylation sites (N-methyl/N-ethyl adjacent to an activating group) is 1. The number of aromatic nitrogens is 1. The van der Waals surface area contributed by atoms with E-state index in [4.69, 9.17) is 14.0 Å². The molecule has 7 rings (SSSR count). The zero-order chi connectivity index (χ0) is 40.6. The van der Waals surface area contributed by atoms with E-state index in [1.807, 2.05) is 6.07 Å². The van der Waals surface area contributed by atoms with Crippen molar-refractivity contribution in [1.29, 1.82) is 0 Å². The van der Waals surface area contributed by atoms with Gasteiger partial charge in [0, 0.05) is 29.7 Å². The van der Waals surface area contributed by atoms with Gasteiger partial charge in [-0.05, 0) is 49.1 Å². The Morgan fingerprint density at radius 1 is 1.04 bits per heavy atom. The molecule has 4 aromatic rings. The van der Waals surface area contributed by atoms with Crippen molar-refractivity contribution < 1.29 is 56.5 Å². The lowest BCUT2D eigenvalue weighted by Crippen LogP contribution is -2.63. The van der Waals surface area contributed by atoms with Gasteiger partial charge in [-0.3, -0.25) is 14.4 Å². The highest BCUT2D eigenvalue weighted by molar-refractivity contribution is 6.26. The number of hydrogen-bond donors (Lipinski definition) is 4. The van der Waals surface area contributed by atoms with Crippen LogP contribution in [0, 0.1) is 11.8 Å². The molecule has 0 spiro atoms. The number of nitrogens with one attached hydrogen (secondary N) is 2. The summed E-state index contributed by atoms with van der Waals surface area (Å²) in [6.45, 7) is 3.50. The maximum absolute atomic E-state index is 14.8. The van der Waals surface area contributed by atoms with Crippen molar-refractivity contribution in [3.63, 3.8) is 0 Å². The lowest BCUT2D eigenvalue weighted by atomic mass is 9.57. The van der Waals surface area contributed by atoms with Gasteiger partial charge >= 0.3 is 6.36 Å². The van der Waals surface area contributed by atoms with Gasteiger partial charge in [-0.2, -0.15) is 0 Å². The molecule has 57 heavy (non-hydrogen) atoms. The quantitative estimate of drug-likeness (QED) is 0.0963. The summed E-state index contributed by atoms with van der Waals surface area (Å²) in [5.41, 5.74) is -2.92. The minimum atomic E-state index is -5.20. The van der Waals surface area contributed by atoms with Crippen LogP contribution in [0.15, 0.2) is 89.5 Å². The highest BCUT2D eigenvalue weighted by Gasteiger charge is 2.65. The van der Waals surface area contributed by atoms with Crippen molar-refractivity contribution in [2.24, 2.45) is 11.8 Å². The molecule has 1 fully saturated rings. The molecule has 298 valence electrons. The molecule has 1 amide bonds. The predicted molar refractivity (Wildman–Crippen MR) is 198 cm³/mol. The number of aliphatic hydroxyl groups is 2. The highest BCUT2D eigenvalue weighted by Crippen LogP contribution is 2.57. The molecule has 0 aliphatic heterocycles. The molecule has 0 bridgehead atoms. The number of hydrogen-bond acceptors (Lipinski definition) is 12. The van der Waals surface area contributed by atoms with Crippen molar-refractivity contribution in [3.05, 3.63) is 119 Å². The number of aliphatic hydroxyl groups excluding tert-OH is 1. The summed E-state index contributed by atoms with van der Waals surface area (Å²) < 4.78 is 64.3. The standard InChI is InChI=1S/C41H39F3N4O9/c1-4-15-45-33-26-17-24-16-25-28(56-41(42,43)44)18-27(46-29(49)19-48(2)3)35(54-20-22-11-7-5-8-12-22)31(25)34(50)30(24)37(51)40(26,53)38(52)32-36(33)57-47-39(32)55-21-23-13-9-6-10-14-23/h4-14,18,24,26,33,45,50,53H,1,15-17,19-21H2,2-3H3,(H,46,49)/t24-,26-,33-,40-/m0/s1. The Labute approximate surface area is 324 Å². The highest BCUT2D eigenvalue weighted by atomic mass is 19.4. The topological polar surface area (TPSA) is 173 Å². The van der Waals surface area contributed by atoms with E-state index in [1.54, 1.807) is 68.7 Å². The largest absolute Gasteiger partial charge is 0.573 e. The van der Waals surface area contributed by atoms with E-state index in [0.717, 1.165) is 11.6 Å². The molecule has 1 saturated carbocycles. The van der Waals surface area contributed by atoms with E-state index in [2.05, 4.69) is 27.1 Å². The van der Waals surface area contributed by atoms with Crippen LogP contribution in [0.1, 0.15) is 50.8 Å². The van der Waals surface area contributed by atoms with Crippen molar-refractivity contribution in [1.82, 2.24) is 15.4 Å². The molecule has 4 N–H and O–H groups in total. The van der Waals surface area contributed by atoms with Gasteiger partial charge in [-0.25, -0.2) is 0 Å². The van der Waals surface area contributed by atoms with E-state index in [9.17, 15) is 37.8 Å². The van der Waals surface area contributed by atoms with Crippen LogP contribution in [0.4, 0.5) is 18.9 Å². The third kappa shape index (κ3) is 7.50. The van der Waals surface area contributed by atoms with Crippen LogP contribution < -0.4 is 24.8 Å². The van der Waals surface area contributed by atoms with E-state index in [1.165, 1.54) is 11.0 Å². The Balaban J connectivity index is 1.37. The number of ether oxygens (including phenoxy) is 3. The van der Waals surface area contributed by atoms with Gasteiger partial charge in [0.25, 0.3) is 5.88 Å². The number of benzene rings is 3. The number of anilines is 1. The van der Waals surface area contributed by atoms with E-state index < -0.39 is 64.4 Å². The first-order valence-electron chi connectivity index (χ1n) is 18.0. The van der Waals surface area contributed by atoms with Gasteiger partial charge in [0.1, 0.15) is 30.3 Å². The fourth-order valence-corrected chi connectivity index (χ4v) is 7.82. The average molecular weight is 789 g/mol. The molecule has 1 heterocycles. The van der Waals surface area contributed by atoms with Crippen molar-refractivity contribution >= 4 is 28.9 Å². The van der Waals surface area contributed by atoms with E-state index >= 15 is 0 Å². The molecule has 0 radical (unpaired) electrons. The van der Waals surface area contributed by atoms with Crippen molar-refractivity contribution in [2.45, 2.75) is 44.1 Å². The number of ketones is 2. The fourth-order valence-electron chi connectivity index (χ4n) is 7.82. The van der Waals surface area contributed by atoms with Crippen LogP contribution in [0.5, 0.6) is 17.4 Å². The molecule has 13 nitrogen and oxygen atoms in total. The summed E-state index contributed by atoms with van der Waals surface area (Å²) in [6, 6.07) is 17.6. The summed E-state index contributed by atoms with van der Waals surface area (Å²) >= 11 is 0. The maximum Gasteiger partial charge on any atom is 0.573 e. The molecule has 3 aromatic carbocycles. The zero-order valence-corrected chi connectivity index (χ0v) is 30.9. The first kappa shape index (κ1) is 39.3. The van der Waals surface area contributed by atoms with E-state index in [0.29, 0.717) is 5.56 Å². The molecule has 3 aliphatic carbocycles. The SMILES string of the molecule is C=CCN[C@@H]1c2onc(OCc3ccccc3)c2C(=O)[C@@]2(O)C(=O)C3=C(O)c4c(c(OC(F)(F)F)cc(NC(=O)CN(C)C)c4OCc4ccccc4)C[C@H]3C[C@@H]12. The number of nitrogens with zero attached hydrogens (tertiary/aromatic N) is 2. The van der Waals surface area contributed by atoms with Crippen LogP contribution in [0.25, 0.3) is 5.76 Å². The summed E-state index contributed by atoms with van der Waals surface area (Å²) in [6.07, 6.45) is -4.19. The molecule has 1 aromatic heterocycles. The lowest BCUT2D eigenvalue weighted by molar-refractivity contribution is -0.275. The first-order valence-corrected chi connectivity index (χ1v) is 18.0. The average Bonchev–Trinajstić information content (AvgIpc) is 3.59. The Morgan fingerprint density at radius 3 is 2.30 bits per heavy atom. The Morgan fingerprint density at radius 2 is 1.68 bits per heavy atom. The summed E-state index contributed by atoms with van der Waals surface area (Å²) in [7, 11) is 3.23. The van der Waals surface area contributed by atoms with E-state index in [-0.39, 0.29) is 78.9 Å². The molecule has 3 aliphatic rings. The molecule has 0 unspecified atom stereocenters. The predicted octanol–water partition coefficient (Wildman–Crippen LogP) is 5.71. The first-order chi connectivity index (χ1) is 27.2. The van der Waals surface area contributed by atoms with Gasteiger partial charge in [-0.15, -0.1) is 19.8 Å². The van der Waals surface area contributed by atoms with Crippen molar-refractivity contribution in [3.8, 4) is 17.4 Å². The second-order valence-electron chi connectivity index (χ2n) is 14.3. The monoisotopic (exact) mass is 788 g/mol. The second-order valence-corrected chi connectivity index (χ2v) is 14.3. The maximum atomic E-state index is 14.8. The Bertz CT molecular complexity index is 2240. The van der Waals surface area contributed by atoms with Crippen LogP contribution in [-0.4, -0.2) is 76.9 Å². The summed E-state index contributed by atoms with van der Waals surface area (Å²) in [5.74, 6) is -7.25.